The largest absolute Gasteiger partial charge is 0.455 e. The number of nitrogens with zero attached hydrogens (tertiary/aromatic N) is 2. The summed E-state index contributed by atoms with van der Waals surface area (Å²) >= 11 is 0. The average Bonchev–Trinajstić information content (AvgIpc) is 3.14. The van der Waals surface area contributed by atoms with Gasteiger partial charge in [0.15, 0.2) is 17.3 Å². The minimum atomic E-state index is -0.592. The minimum Gasteiger partial charge on any atom is -0.455 e. The third kappa shape index (κ3) is 4.01. The highest BCUT2D eigenvalue weighted by molar-refractivity contribution is 6.03. The molecule has 1 amide bonds. The Morgan fingerprint density at radius 2 is 1.66 bits per heavy atom. The Morgan fingerprint density at radius 3 is 2.38 bits per heavy atom. The maximum atomic E-state index is 14.5. The Labute approximate surface area is 167 Å². The van der Waals surface area contributed by atoms with E-state index in [4.69, 9.17) is 4.74 Å². The zero-order valence-electron chi connectivity index (χ0n) is 15.7. The van der Waals surface area contributed by atoms with Gasteiger partial charge in [-0.25, -0.2) is 9.07 Å². The van der Waals surface area contributed by atoms with Crippen molar-refractivity contribution in [2.24, 2.45) is 0 Å². The lowest BCUT2D eigenvalue weighted by Crippen LogP contribution is -2.15. The topological polar surface area (TPSA) is 56.1 Å². The lowest BCUT2D eigenvalue weighted by molar-refractivity contribution is 0.102. The van der Waals surface area contributed by atoms with Crippen molar-refractivity contribution >= 4 is 11.6 Å². The van der Waals surface area contributed by atoms with Crippen LogP contribution in [0.1, 0.15) is 16.2 Å². The van der Waals surface area contributed by atoms with Crippen molar-refractivity contribution in [3.8, 4) is 17.2 Å². The summed E-state index contributed by atoms with van der Waals surface area (Å²) in [6.07, 6.45) is 0. The van der Waals surface area contributed by atoms with Crippen LogP contribution in [0.4, 0.5) is 10.1 Å². The van der Waals surface area contributed by atoms with E-state index < -0.39 is 11.7 Å². The predicted octanol–water partition coefficient (Wildman–Crippen LogP) is 5.36. The molecule has 0 saturated heterocycles. The molecule has 4 rings (SSSR count). The quantitative estimate of drug-likeness (QED) is 0.501. The molecule has 6 heteroatoms. The van der Waals surface area contributed by atoms with Gasteiger partial charge in [0.1, 0.15) is 11.4 Å². The van der Waals surface area contributed by atoms with Gasteiger partial charge in [0.05, 0.1) is 5.69 Å². The second-order valence-corrected chi connectivity index (χ2v) is 6.40. The summed E-state index contributed by atoms with van der Waals surface area (Å²) in [6.45, 7) is 1.85. The molecule has 0 saturated carbocycles. The molecule has 5 nitrogen and oxygen atoms in total. The van der Waals surface area contributed by atoms with Gasteiger partial charge in [-0.3, -0.25) is 4.79 Å². The zero-order chi connectivity index (χ0) is 20.2. The van der Waals surface area contributed by atoms with E-state index in [1.54, 1.807) is 28.9 Å². The highest BCUT2D eigenvalue weighted by Gasteiger charge is 2.18. The molecule has 29 heavy (non-hydrogen) atoms. The highest BCUT2D eigenvalue weighted by Crippen LogP contribution is 2.32. The number of carbonyl (C=O) groups excluding carboxylic acids is 1. The monoisotopic (exact) mass is 387 g/mol. The summed E-state index contributed by atoms with van der Waals surface area (Å²) in [5.41, 5.74) is 1.77. The van der Waals surface area contributed by atoms with Crippen molar-refractivity contribution in [3.63, 3.8) is 0 Å². The number of hydrogen-bond donors (Lipinski definition) is 1. The van der Waals surface area contributed by atoms with E-state index >= 15 is 0 Å². The zero-order valence-corrected chi connectivity index (χ0v) is 15.7. The minimum absolute atomic E-state index is 0.0340. The normalized spacial score (nSPS) is 10.6. The van der Waals surface area contributed by atoms with Gasteiger partial charge in [-0.2, -0.15) is 5.10 Å². The van der Waals surface area contributed by atoms with Crippen LogP contribution in [0.5, 0.6) is 11.5 Å². The number of aryl methyl sites for hydroxylation is 1. The van der Waals surface area contributed by atoms with Crippen LogP contribution >= 0.6 is 0 Å². The lowest BCUT2D eigenvalue weighted by atomic mass is 10.2. The van der Waals surface area contributed by atoms with Crippen molar-refractivity contribution in [2.75, 3.05) is 5.32 Å². The number of para-hydroxylation sites is 3. The number of benzene rings is 3. The molecule has 144 valence electrons. The summed E-state index contributed by atoms with van der Waals surface area (Å²) < 4.78 is 21.9. The van der Waals surface area contributed by atoms with Crippen molar-refractivity contribution in [2.45, 2.75) is 6.92 Å². The predicted molar refractivity (Wildman–Crippen MR) is 109 cm³/mol. The molecular weight excluding hydrogens is 369 g/mol. The summed E-state index contributed by atoms with van der Waals surface area (Å²) in [5, 5.41) is 6.95. The molecule has 0 unspecified atom stereocenters. The number of halogens is 1. The van der Waals surface area contributed by atoms with E-state index in [0.717, 1.165) is 11.4 Å². The fourth-order valence-corrected chi connectivity index (χ4v) is 2.92. The molecule has 0 bridgehead atoms. The number of rotatable bonds is 5. The second-order valence-electron chi connectivity index (χ2n) is 6.40. The molecule has 1 aromatic heterocycles. The molecule has 0 radical (unpaired) electrons. The van der Waals surface area contributed by atoms with Crippen LogP contribution in [-0.4, -0.2) is 15.7 Å². The summed E-state index contributed by atoms with van der Waals surface area (Å²) in [5.74, 6) is -0.363. The Hall–Kier alpha value is -3.93. The maximum absolute atomic E-state index is 14.5. The molecular formula is C23H18FN3O2. The Bertz CT molecular complexity index is 1140. The Balaban J connectivity index is 1.61. The first-order chi connectivity index (χ1) is 14.1. The smallest absolute Gasteiger partial charge is 0.276 e. The van der Waals surface area contributed by atoms with Gasteiger partial charge in [0.25, 0.3) is 5.91 Å². The van der Waals surface area contributed by atoms with Gasteiger partial charge in [-0.15, -0.1) is 0 Å². The molecule has 0 aliphatic rings. The van der Waals surface area contributed by atoms with E-state index in [9.17, 15) is 9.18 Å². The lowest BCUT2D eigenvalue weighted by Gasteiger charge is -2.12. The van der Waals surface area contributed by atoms with Crippen molar-refractivity contribution in [1.82, 2.24) is 9.78 Å². The number of anilines is 1. The second kappa shape index (κ2) is 7.98. The average molecular weight is 387 g/mol. The van der Waals surface area contributed by atoms with Crippen LogP contribution in [0.15, 0.2) is 84.9 Å². The Kier molecular flexibility index (Phi) is 5.07. The molecule has 4 aromatic rings. The number of amides is 1. The first kappa shape index (κ1) is 18.4. The first-order valence-electron chi connectivity index (χ1n) is 9.06. The fraction of sp³-hybridized carbons (Fsp3) is 0.0435. The molecule has 1 N–H and O–H groups in total. The maximum Gasteiger partial charge on any atom is 0.276 e. The van der Waals surface area contributed by atoms with Gasteiger partial charge in [-0.05, 0) is 49.4 Å². The summed E-state index contributed by atoms with van der Waals surface area (Å²) in [6, 6.07) is 24.5. The molecule has 0 aliphatic heterocycles. The fourth-order valence-electron chi connectivity index (χ4n) is 2.92. The number of aromatic nitrogens is 2. The van der Waals surface area contributed by atoms with Crippen LogP contribution in [0, 0.1) is 12.7 Å². The molecule has 1 heterocycles. The van der Waals surface area contributed by atoms with Crippen molar-refractivity contribution in [1.29, 1.82) is 0 Å². The number of nitrogens with one attached hydrogen (secondary N) is 1. The van der Waals surface area contributed by atoms with Gasteiger partial charge < -0.3 is 10.1 Å². The van der Waals surface area contributed by atoms with E-state index in [-0.39, 0.29) is 17.1 Å². The number of ether oxygens (including phenoxy) is 1. The summed E-state index contributed by atoms with van der Waals surface area (Å²) in [7, 11) is 0. The molecule has 0 atom stereocenters. The third-order valence-electron chi connectivity index (χ3n) is 4.31. The van der Waals surface area contributed by atoms with Gasteiger partial charge in [0, 0.05) is 5.69 Å². The highest BCUT2D eigenvalue weighted by atomic mass is 19.1. The van der Waals surface area contributed by atoms with Gasteiger partial charge >= 0.3 is 0 Å². The van der Waals surface area contributed by atoms with E-state index in [1.807, 2.05) is 55.5 Å². The SMILES string of the molecule is Cc1cc(C(=O)Nc2c(F)cccc2Oc2ccccc2)nn1-c1ccccc1. The number of carbonyl (C=O) groups is 1. The van der Waals surface area contributed by atoms with Crippen LogP contribution in [0.2, 0.25) is 0 Å². The van der Waals surface area contributed by atoms with E-state index in [0.29, 0.717) is 5.75 Å². The van der Waals surface area contributed by atoms with Crippen LogP contribution in [0.3, 0.4) is 0 Å². The van der Waals surface area contributed by atoms with Crippen LogP contribution in [-0.2, 0) is 0 Å². The third-order valence-corrected chi connectivity index (χ3v) is 4.31. The van der Waals surface area contributed by atoms with E-state index in [1.165, 1.54) is 12.1 Å². The van der Waals surface area contributed by atoms with Crippen LogP contribution < -0.4 is 10.1 Å². The number of hydrogen-bond acceptors (Lipinski definition) is 3. The van der Waals surface area contributed by atoms with Crippen molar-refractivity contribution in [3.05, 3.63) is 102 Å². The van der Waals surface area contributed by atoms with E-state index in [2.05, 4.69) is 10.4 Å². The van der Waals surface area contributed by atoms with Gasteiger partial charge in [-0.1, -0.05) is 42.5 Å². The van der Waals surface area contributed by atoms with Crippen molar-refractivity contribution < 1.29 is 13.9 Å². The first-order valence-corrected chi connectivity index (χ1v) is 9.06. The molecule has 0 spiro atoms. The van der Waals surface area contributed by atoms with Gasteiger partial charge in [0.2, 0.25) is 0 Å². The molecule has 0 fully saturated rings. The Morgan fingerprint density at radius 1 is 0.966 bits per heavy atom. The van der Waals surface area contributed by atoms with Crippen LogP contribution in [0.25, 0.3) is 5.69 Å². The summed E-state index contributed by atoms with van der Waals surface area (Å²) in [4.78, 5) is 12.8. The molecule has 0 aliphatic carbocycles. The molecule has 3 aromatic carbocycles. The standard InChI is InChI=1S/C23H18FN3O2/c1-16-15-20(26-27(16)17-9-4-2-5-10-17)23(28)25-22-19(24)13-8-14-21(22)29-18-11-6-3-7-12-18/h2-15H,1H3,(H,25,28).